The van der Waals surface area contributed by atoms with Gasteiger partial charge >= 0.3 is 0 Å². The van der Waals surface area contributed by atoms with Crippen LogP contribution in [0.15, 0.2) is 0 Å². The maximum Gasteiger partial charge on any atom is 0.217 e. The summed E-state index contributed by atoms with van der Waals surface area (Å²) in [5.41, 5.74) is 0. The van der Waals surface area contributed by atoms with E-state index in [4.69, 9.17) is 14.2 Å². The largest absolute Gasteiger partial charge is 0.388 e. The topological polar surface area (TPSA) is 101 Å². The fourth-order valence-electron chi connectivity index (χ4n) is 3.03. The minimum Gasteiger partial charge on any atom is -0.388 e. The van der Waals surface area contributed by atoms with Gasteiger partial charge in [0.15, 0.2) is 6.29 Å². The number of hydrogen-bond acceptors (Lipinski definition) is 6. The number of aliphatic hydroxyl groups excluding tert-OH is 2. The Balaban J connectivity index is 1.87. The van der Waals surface area contributed by atoms with Gasteiger partial charge < -0.3 is 29.7 Å². The van der Waals surface area contributed by atoms with Crippen molar-refractivity contribution in [1.29, 1.82) is 0 Å². The lowest BCUT2D eigenvalue weighted by Crippen LogP contribution is -2.64. The van der Waals surface area contributed by atoms with Gasteiger partial charge in [-0.3, -0.25) is 4.79 Å². The lowest BCUT2D eigenvalue weighted by atomic mass is 9.94. The second kappa shape index (κ2) is 9.68. The van der Waals surface area contributed by atoms with Crippen molar-refractivity contribution in [3.8, 4) is 0 Å². The standard InChI is InChI=1S/C17H31NO6/c1-3-4-5-6-7-8-22-17-14(18-11(2)19)16(21)15(20)13(24-17)9-12-10-23-12/h12-17,20-21H,3-10H2,1-2H3,(H,18,19)/t12?,13?,14?,15-,16?,17+/m0/s1. The first kappa shape index (κ1) is 19.6. The predicted octanol–water partition coefficient (Wildman–Crippen LogP) is 0.714. The molecule has 2 rings (SSSR count). The van der Waals surface area contributed by atoms with Crippen LogP contribution in [0.1, 0.15) is 52.4 Å². The average molecular weight is 345 g/mol. The van der Waals surface area contributed by atoms with Crippen LogP contribution in [0.4, 0.5) is 0 Å². The van der Waals surface area contributed by atoms with Crippen LogP contribution in [-0.4, -0.2) is 66.1 Å². The SMILES string of the molecule is CCCCCCCO[C@@H]1OC(CC2CO2)[C@H](O)C(O)C1NC(C)=O. The summed E-state index contributed by atoms with van der Waals surface area (Å²) < 4.78 is 16.8. The Hall–Kier alpha value is -0.730. The van der Waals surface area contributed by atoms with Crippen LogP contribution in [0.25, 0.3) is 0 Å². The van der Waals surface area contributed by atoms with E-state index in [1.807, 2.05) is 0 Å². The fraction of sp³-hybridized carbons (Fsp3) is 0.941. The zero-order valence-electron chi connectivity index (χ0n) is 14.6. The molecule has 0 aliphatic carbocycles. The first-order valence-electron chi connectivity index (χ1n) is 9.04. The molecule has 2 heterocycles. The summed E-state index contributed by atoms with van der Waals surface area (Å²) in [7, 11) is 0. The van der Waals surface area contributed by atoms with Gasteiger partial charge in [0, 0.05) is 20.0 Å². The number of hydrogen-bond donors (Lipinski definition) is 3. The molecule has 4 unspecified atom stereocenters. The number of unbranched alkanes of at least 4 members (excludes halogenated alkanes) is 4. The second-order valence-electron chi connectivity index (χ2n) is 6.73. The minimum atomic E-state index is -1.13. The van der Waals surface area contributed by atoms with Gasteiger partial charge in [0.05, 0.1) is 18.8 Å². The minimum absolute atomic E-state index is 0.0730. The molecular formula is C17H31NO6. The van der Waals surface area contributed by atoms with Crippen LogP contribution in [-0.2, 0) is 19.0 Å². The first-order valence-corrected chi connectivity index (χ1v) is 9.04. The molecule has 6 atom stereocenters. The van der Waals surface area contributed by atoms with Gasteiger partial charge in [-0.25, -0.2) is 0 Å². The number of aliphatic hydroxyl groups is 2. The molecule has 7 nitrogen and oxygen atoms in total. The summed E-state index contributed by atoms with van der Waals surface area (Å²) in [6, 6.07) is -0.774. The zero-order chi connectivity index (χ0) is 17.5. The maximum atomic E-state index is 11.4. The summed E-state index contributed by atoms with van der Waals surface area (Å²) >= 11 is 0. The van der Waals surface area contributed by atoms with E-state index in [1.165, 1.54) is 26.2 Å². The van der Waals surface area contributed by atoms with Crippen LogP contribution in [0.2, 0.25) is 0 Å². The van der Waals surface area contributed by atoms with Crippen molar-refractivity contribution >= 4 is 5.91 Å². The number of carbonyl (C=O) groups excluding carboxylic acids is 1. The molecule has 0 bridgehead atoms. The molecule has 0 spiro atoms. The van der Waals surface area contributed by atoms with Gasteiger partial charge in [0.1, 0.15) is 18.2 Å². The molecule has 2 aliphatic heterocycles. The van der Waals surface area contributed by atoms with E-state index in [2.05, 4.69) is 12.2 Å². The molecule has 0 radical (unpaired) electrons. The molecule has 0 aromatic heterocycles. The van der Waals surface area contributed by atoms with E-state index in [0.29, 0.717) is 19.6 Å². The Kier molecular flexibility index (Phi) is 7.90. The summed E-state index contributed by atoms with van der Waals surface area (Å²) in [5, 5.41) is 23.2. The lowest BCUT2D eigenvalue weighted by molar-refractivity contribution is -0.266. The molecule has 0 aromatic carbocycles. The van der Waals surface area contributed by atoms with E-state index in [9.17, 15) is 15.0 Å². The van der Waals surface area contributed by atoms with E-state index in [1.54, 1.807) is 0 Å². The molecule has 24 heavy (non-hydrogen) atoms. The van der Waals surface area contributed by atoms with Crippen LogP contribution in [0.3, 0.4) is 0 Å². The predicted molar refractivity (Wildman–Crippen MR) is 87.3 cm³/mol. The Morgan fingerprint density at radius 1 is 1.21 bits per heavy atom. The van der Waals surface area contributed by atoms with Gasteiger partial charge in [-0.05, 0) is 6.42 Å². The fourth-order valence-corrected chi connectivity index (χ4v) is 3.03. The third kappa shape index (κ3) is 5.97. The Labute approximate surface area is 143 Å². The number of amides is 1. The quantitative estimate of drug-likeness (QED) is 0.398. The van der Waals surface area contributed by atoms with Crippen LogP contribution in [0.5, 0.6) is 0 Å². The molecule has 3 N–H and O–H groups in total. The highest BCUT2D eigenvalue weighted by atomic mass is 16.7. The third-order valence-electron chi connectivity index (χ3n) is 4.50. The molecule has 2 fully saturated rings. The smallest absolute Gasteiger partial charge is 0.217 e. The highest BCUT2D eigenvalue weighted by molar-refractivity contribution is 5.73. The third-order valence-corrected chi connectivity index (χ3v) is 4.50. The highest BCUT2D eigenvalue weighted by Gasteiger charge is 2.47. The highest BCUT2D eigenvalue weighted by Crippen LogP contribution is 2.28. The maximum absolute atomic E-state index is 11.4. The van der Waals surface area contributed by atoms with Gasteiger partial charge in [-0.2, -0.15) is 0 Å². The van der Waals surface area contributed by atoms with E-state index >= 15 is 0 Å². The van der Waals surface area contributed by atoms with E-state index in [0.717, 1.165) is 12.8 Å². The van der Waals surface area contributed by atoms with Crippen molar-refractivity contribution in [2.45, 2.75) is 89.1 Å². The molecule has 2 saturated heterocycles. The summed E-state index contributed by atoms with van der Waals surface area (Å²) in [5.74, 6) is -0.296. The Morgan fingerprint density at radius 3 is 2.54 bits per heavy atom. The van der Waals surface area contributed by atoms with Crippen molar-refractivity contribution in [3.63, 3.8) is 0 Å². The number of carbonyl (C=O) groups is 1. The van der Waals surface area contributed by atoms with Crippen molar-refractivity contribution in [3.05, 3.63) is 0 Å². The van der Waals surface area contributed by atoms with Crippen molar-refractivity contribution in [2.75, 3.05) is 13.2 Å². The van der Waals surface area contributed by atoms with Gasteiger partial charge in [-0.15, -0.1) is 0 Å². The zero-order valence-corrected chi connectivity index (χ0v) is 14.6. The molecule has 2 aliphatic rings. The van der Waals surface area contributed by atoms with E-state index < -0.39 is 30.6 Å². The molecule has 0 saturated carbocycles. The second-order valence-corrected chi connectivity index (χ2v) is 6.73. The van der Waals surface area contributed by atoms with Gasteiger partial charge in [0.25, 0.3) is 0 Å². The van der Waals surface area contributed by atoms with E-state index in [-0.39, 0.29) is 12.0 Å². The van der Waals surface area contributed by atoms with Crippen LogP contribution >= 0.6 is 0 Å². The molecule has 0 aromatic rings. The van der Waals surface area contributed by atoms with Crippen molar-refractivity contribution in [1.82, 2.24) is 5.32 Å². The number of nitrogens with one attached hydrogen (secondary N) is 1. The summed E-state index contributed by atoms with van der Waals surface area (Å²) in [6.45, 7) is 4.69. The lowest BCUT2D eigenvalue weighted by Gasteiger charge is -2.42. The van der Waals surface area contributed by atoms with Gasteiger partial charge in [-0.1, -0.05) is 32.6 Å². The summed E-state index contributed by atoms with van der Waals surface area (Å²) in [4.78, 5) is 11.4. The molecule has 1 amide bonds. The summed E-state index contributed by atoms with van der Waals surface area (Å²) in [6.07, 6.45) is 2.62. The molecule has 7 heteroatoms. The van der Waals surface area contributed by atoms with Gasteiger partial charge in [0.2, 0.25) is 5.91 Å². The van der Waals surface area contributed by atoms with Crippen LogP contribution in [0, 0.1) is 0 Å². The van der Waals surface area contributed by atoms with Crippen LogP contribution < -0.4 is 5.32 Å². The monoisotopic (exact) mass is 345 g/mol. The van der Waals surface area contributed by atoms with Crippen molar-refractivity contribution in [2.24, 2.45) is 0 Å². The number of ether oxygens (including phenoxy) is 3. The first-order chi connectivity index (χ1) is 11.5. The molecular weight excluding hydrogens is 314 g/mol. The molecule has 140 valence electrons. The average Bonchev–Trinajstić information content (AvgIpc) is 3.35. The normalized spacial score (nSPS) is 35.7. The Bertz CT molecular complexity index is 389. The number of rotatable bonds is 10. The van der Waals surface area contributed by atoms with Crippen molar-refractivity contribution < 1.29 is 29.2 Å². The number of epoxide rings is 1. The Morgan fingerprint density at radius 2 is 1.92 bits per heavy atom.